The van der Waals surface area contributed by atoms with Crippen molar-refractivity contribution in [1.82, 2.24) is 0 Å². The lowest BCUT2D eigenvalue weighted by Crippen LogP contribution is -1.93. The van der Waals surface area contributed by atoms with E-state index in [2.05, 4.69) is 42.5 Å². The smallest absolute Gasteiger partial charge is 0.0408 e. The molecule has 0 heterocycles. The van der Waals surface area contributed by atoms with Gasteiger partial charge in [0, 0.05) is 5.02 Å². The molecule has 0 bridgehead atoms. The molecule has 2 aromatic carbocycles. The third kappa shape index (κ3) is 1.37. The van der Waals surface area contributed by atoms with Gasteiger partial charge >= 0.3 is 0 Å². The monoisotopic (exact) mass is 240 g/mol. The summed E-state index contributed by atoms with van der Waals surface area (Å²) in [4.78, 5) is 0. The van der Waals surface area contributed by atoms with Crippen LogP contribution in [0.2, 0.25) is 5.02 Å². The van der Waals surface area contributed by atoms with Crippen molar-refractivity contribution in [1.29, 1.82) is 0 Å². The lowest BCUT2D eigenvalue weighted by molar-refractivity contribution is 0.813. The Morgan fingerprint density at radius 1 is 0.941 bits per heavy atom. The standard InChI is InChI=1S/C16H13Cl/c17-12-6-7-13-11(8-12)9-14-15(16(13)14)10-4-2-1-3-5-10/h1-8,14-16H,9H2/t14-,15-,16-/m0/s1. The average Bonchev–Trinajstić information content (AvgIpc) is 2.93. The first kappa shape index (κ1) is 9.73. The first-order chi connectivity index (χ1) is 8.34. The summed E-state index contributed by atoms with van der Waals surface area (Å²) in [6, 6.07) is 17.3. The van der Waals surface area contributed by atoms with E-state index in [-0.39, 0.29) is 0 Å². The zero-order chi connectivity index (χ0) is 11.4. The topological polar surface area (TPSA) is 0 Å². The summed E-state index contributed by atoms with van der Waals surface area (Å²) in [5.74, 6) is 2.33. The molecule has 1 saturated carbocycles. The Morgan fingerprint density at radius 2 is 1.76 bits per heavy atom. The number of rotatable bonds is 1. The van der Waals surface area contributed by atoms with Crippen LogP contribution in [0.3, 0.4) is 0 Å². The van der Waals surface area contributed by atoms with Crippen molar-refractivity contribution in [3.8, 4) is 0 Å². The van der Waals surface area contributed by atoms with Crippen LogP contribution in [0, 0.1) is 5.92 Å². The minimum Gasteiger partial charge on any atom is -0.0843 e. The predicted molar refractivity (Wildman–Crippen MR) is 70.6 cm³/mol. The van der Waals surface area contributed by atoms with E-state index in [0.29, 0.717) is 0 Å². The molecule has 0 saturated heterocycles. The van der Waals surface area contributed by atoms with Gasteiger partial charge in [0.2, 0.25) is 0 Å². The zero-order valence-electron chi connectivity index (χ0n) is 9.44. The van der Waals surface area contributed by atoms with Crippen LogP contribution in [-0.4, -0.2) is 0 Å². The van der Waals surface area contributed by atoms with E-state index in [0.717, 1.165) is 22.8 Å². The highest BCUT2D eigenvalue weighted by Gasteiger charge is 2.55. The van der Waals surface area contributed by atoms with Crippen molar-refractivity contribution in [3.63, 3.8) is 0 Å². The van der Waals surface area contributed by atoms with Gasteiger partial charge in [-0.2, -0.15) is 0 Å². The Kier molecular flexibility index (Phi) is 1.93. The Morgan fingerprint density at radius 3 is 2.59 bits per heavy atom. The highest BCUT2D eigenvalue weighted by atomic mass is 35.5. The van der Waals surface area contributed by atoms with Gasteiger partial charge in [-0.05, 0) is 53.0 Å². The van der Waals surface area contributed by atoms with Crippen LogP contribution < -0.4 is 0 Å². The van der Waals surface area contributed by atoms with Crippen LogP contribution in [0.25, 0.3) is 0 Å². The SMILES string of the molecule is Clc1ccc2c(c1)C[C@H]1[C@H](c3ccccc3)[C@@H]21. The lowest BCUT2D eigenvalue weighted by Gasteiger charge is -2.08. The van der Waals surface area contributed by atoms with Gasteiger partial charge in [0.1, 0.15) is 0 Å². The Hall–Kier alpha value is -1.27. The van der Waals surface area contributed by atoms with Crippen molar-refractivity contribution in [2.75, 3.05) is 0 Å². The molecule has 0 spiro atoms. The summed E-state index contributed by atoms with van der Waals surface area (Å²) in [6.07, 6.45) is 1.21. The van der Waals surface area contributed by atoms with E-state index < -0.39 is 0 Å². The van der Waals surface area contributed by atoms with Gasteiger partial charge in [-0.15, -0.1) is 0 Å². The maximum absolute atomic E-state index is 6.04. The van der Waals surface area contributed by atoms with Crippen LogP contribution >= 0.6 is 11.6 Å². The second-order valence-electron chi connectivity index (χ2n) is 5.17. The summed E-state index contributed by atoms with van der Waals surface area (Å²) < 4.78 is 0. The fourth-order valence-corrected chi connectivity index (χ4v) is 3.71. The molecule has 0 aliphatic heterocycles. The summed E-state index contributed by atoms with van der Waals surface area (Å²) >= 11 is 6.04. The maximum Gasteiger partial charge on any atom is 0.0408 e. The van der Waals surface area contributed by atoms with Gasteiger partial charge in [-0.1, -0.05) is 48.0 Å². The molecule has 17 heavy (non-hydrogen) atoms. The normalized spacial score (nSPS) is 28.6. The average molecular weight is 241 g/mol. The van der Waals surface area contributed by atoms with Crippen LogP contribution in [0.1, 0.15) is 28.5 Å². The summed E-state index contributed by atoms with van der Waals surface area (Å²) in [5.41, 5.74) is 4.51. The van der Waals surface area contributed by atoms with E-state index >= 15 is 0 Å². The zero-order valence-corrected chi connectivity index (χ0v) is 10.2. The van der Waals surface area contributed by atoms with Crippen molar-refractivity contribution in [2.45, 2.75) is 18.3 Å². The van der Waals surface area contributed by atoms with Gasteiger partial charge in [0.25, 0.3) is 0 Å². The largest absolute Gasteiger partial charge is 0.0843 e. The molecular weight excluding hydrogens is 228 g/mol. The molecule has 0 nitrogen and oxygen atoms in total. The highest BCUT2D eigenvalue weighted by Crippen LogP contribution is 2.66. The van der Waals surface area contributed by atoms with Crippen molar-refractivity contribution < 1.29 is 0 Å². The number of hydrogen-bond acceptors (Lipinski definition) is 0. The molecule has 84 valence electrons. The molecular formula is C16H13Cl. The summed E-state index contributed by atoms with van der Waals surface area (Å²) in [5, 5.41) is 0.876. The Labute approximate surface area is 106 Å². The molecule has 3 atom stereocenters. The van der Waals surface area contributed by atoms with Crippen molar-refractivity contribution in [3.05, 3.63) is 70.2 Å². The van der Waals surface area contributed by atoms with Crippen LogP contribution in [0.15, 0.2) is 48.5 Å². The summed E-state index contributed by atoms with van der Waals surface area (Å²) in [6.45, 7) is 0. The number of hydrogen-bond donors (Lipinski definition) is 0. The molecule has 0 amide bonds. The summed E-state index contributed by atoms with van der Waals surface area (Å²) in [7, 11) is 0. The van der Waals surface area contributed by atoms with Gasteiger partial charge in [0.15, 0.2) is 0 Å². The number of halogens is 1. The third-order valence-electron chi connectivity index (χ3n) is 4.27. The number of fused-ring (bicyclic) bond motifs is 3. The molecule has 0 radical (unpaired) electrons. The van der Waals surface area contributed by atoms with E-state index in [1.165, 1.54) is 23.1 Å². The second kappa shape index (κ2) is 3.36. The van der Waals surface area contributed by atoms with E-state index in [1.807, 2.05) is 6.07 Å². The Bertz CT molecular complexity index is 573. The first-order valence-corrected chi connectivity index (χ1v) is 6.55. The maximum atomic E-state index is 6.04. The fraction of sp³-hybridized carbons (Fsp3) is 0.250. The van der Waals surface area contributed by atoms with Gasteiger partial charge < -0.3 is 0 Å². The van der Waals surface area contributed by atoms with Gasteiger partial charge in [0.05, 0.1) is 0 Å². The molecule has 2 aliphatic rings. The molecule has 1 fully saturated rings. The van der Waals surface area contributed by atoms with Crippen molar-refractivity contribution >= 4 is 11.6 Å². The molecule has 0 N–H and O–H groups in total. The number of benzene rings is 2. The third-order valence-corrected chi connectivity index (χ3v) is 4.51. The van der Waals surface area contributed by atoms with Crippen LogP contribution in [0.4, 0.5) is 0 Å². The minimum atomic E-state index is 0.754. The fourth-order valence-electron chi connectivity index (χ4n) is 3.51. The minimum absolute atomic E-state index is 0.754. The molecule has 0 unspecified atom stereocenters. The highest BCUT2D eigenvalue weighted by molar-refractivity contribution is 6.30. The molecule has 0 aromatic heterocycles. The molecule has 2 aromatic rings. The molecule has 2 aliphatic carbocycles. The second-order valence-corrected chi connectivity index (χ2v) is 5.61. The molecule has 1 heteroatoms. The van der Waals surface area contributed by atoms with E-state index in [9.17, 15) is 0 Å². The van der Waals surface area contributed by atoms with E-state index in [4.69, 9.17) is 11.6 Å². The molecule has 4 rings (SSSR count). The first-order valence-electron chi connectivity index (χ1n) is 6.18. The van der Waals surface area contributed by atoms with Crippen LogP contribution in [-0.2, 0) is 6.42 Å². The lowest BCUT2D eigenvalue weighted by atomic mass is 9.98. The van der Waals surface area contributed by atoms with Crippen LogP contribution in [0.5, 0.6) is 0 Å². The predicted octanol–water partition coefficient (Wildman–Crippen LogP) is 4.39. The van der Waals surface area contributed by atoms with Gasteiger partial charge in [-0.3, -0.25) is 0 Å². The van der Waals surface area contributed by atoms with E-state index in [1.54, 1.807) is 0 Å². The van der Waals surface area contributed by atoms with Crippen molar-refractivity contribution in [2.24, 2.45) is 5.92 Å². The quantitative estimate of drug-likeness (QED) is 0.693. The van der Waals surface area contributed by atoms with Gasteiger partial charge in [-0.25, -0.2) is 0 Å². The Balaban J connectivity index is 1.70.